The SMILES string of the molecule is CO[C]=C[SiH3].[HH].[HH].[HH].[Sn]. The Hall–Kier alpha value is 0.556. The van der Waals surface area contributed by atoms with Crippen molar-refractivity contribution in [2.75, 3.05) is 7.11 Å². The van der Waals surface area contributed by atoms with Gasteiger partial charge in [-0.05, 0) is 0 Å². The minimum atomic E-state index is 0. The first-order chi connectivity index (χ1) is 2.41. The molecule has 6 heavy (non-hydrogen) atoms. The van der Waals surface area contributed by atoms with Gasteiger partial charge in [-0.15, -0.1) is 0 Å². The number of hydrogen-bond donors (Lipinski definition) is 0. The fourth-order valence-electron chi connectivity index (χ4n) is 0.118. The molecule has 0 atom stereocenters. The first-order valence-corrected chi connectivity index (χ1v) is 2.63. The number of rotatable bonds is 1. The molecule has 0 heterocycles. The van der Waals surface area contributed by atoms with Crippen LogP contribution in [-0.4, -0.2) is 41.3 Å². The van der Waals surface area contributed by atoms with Gasteiger partial charge < -0.3 is 4.74 Å². The molecule has 5 radical (unpaired) electrons. The largest absolute Gasteiger partial charge is 0.494 e. The molecule has 0 fully saturated rings. The second kappa shape index (κ2) is 9.12. The van der Waals surface area contributed by atoms with Crippen molar-refractivity contribution < 1.29 is 9.02 Å². The Labute approximate surface area is 62.6 Å². The molecule has 39 valence electrons. The van der Waals surface area contributed by atoms with Crippen LogP contribution in [0.1, 0.15) is 4.28 Å². The smallest absolute Gasteiger partial charge is 0.151 e. The van der Waals surface area contributed by atoms with Gasteiger partial charge in [0, 0.05) is 38.4 Å². The maximum absolute atomic E-state index is 4.42. The summed E-state index contributed by atoms with van der Waals surface area (Å²) in [5.41, 5.74) is 1.85. The van der Waals surface area contributed by atoms with Gasteiger partial charge in [0.05, 0.1) is 7.11 Å². The van der Waals surface area contributed by atoms with E-state index in [0.29, 0.717) is 0 Å². The summed E-state index contributed by atoms with van der Waals surface area (Å²) in [5, 5.41) is 0. The van der Waals surface area contributed by atoms with E-state index in [2.05, 4.69) is 11.0 Å². The zero-order valence-corrected chi connectivity index (χ0v) is 8.84. The second-order valence-corrected chi connectivity index (χ2v) is 1.19. The summed E-state index contributed by atoms with van der Waals surface area (Å²) in [4.78, 5) is 0. The summed E-state index contributed by atoms with van der Waals surface area (Å²) in [7, 11) is 2.63. The van der Waals surface area contributed by atoms with E-state index >= 15 is 0 Å². The molecule has 1 nitrogen and oxygen atoms in total. The van der Waals surface area contributed by atoms with Crippen LogP contribution >= 0.6 is 0 Å². The molecule has 0 unspecified atom stereocenters. The fourth-order valence-corrected chi connectivity index (χ4v) is 0.354. The van der Waals surface area contributed by atoms with Gasteiger partial charge in [-0.1, -0.05) is 5.70 Å². The van der Waals surface area contributed by atoms with E-state index < -0.39 is 0 Å². The van der Waals surface area contributed by atoms with E-state index in [1.165, 1.54) is 0 Å². The van der Waals surface area contributed by atoms with E-state index in [0.717, 1.165) is 10.2 Å². The summed E-state index contributed by atoms with van der Waals surface area (Å²) in [6, 6.07) is 0. The summed E-state index contributed by atoms with van der Waals surface area (Å²) in [6.45, 7) is 0. The minimum absolute atomic E-state index is 0. The monoisotopic (exact) mass is 213 g/mol. The maximum atomic E-state index is 4.42. The van der Waals surface area contributed by atoms with Gasteiger partial charge in [0.2, 0.25) is 0 Å². The average molecular weight is 212 g/mol. The van der Waals surface area contributed by atoms with Crippen LogP contribution in [0.3, 0.4) is 0 Å². The van der Waals surface area contributed by atoms with Gasteiger partial charge in [0.25, 0.3) is 0 Å². The average Bonchev–Trinajstić information content (AvgIpc) is 1.41. The first-order valence-electron chi connectivity index (χ1n) is 1.48. The molecule has 0 saturated heterocycles. The van der Waals surface area contributed by atoms with Gasteiger partial charge >= 0.3 is 0 Å². The van der Waals surface area contributed by atoms with Gasteiger partial charge in [0.15, 0.2) is 6.26 Å². The molecule has 0 aromatic heterocycles. The quantitative estimate of drug-likeness (QED) is 0.425. The maximum Gasteiger partial charge on any atom is 0.151 e. The van der Waals surface area contributed by atoms with E-state index in [4.69, 9.17) is 0 Å². The van der Waals surface area contributed by atoms with Crippen molar-refractivity contribution in [1.82, 2.24) is 0 Å². The Morgan fingerprint density at radius 3 is 2.50 bits per heavy atom. The summed E-state index contributed by atoms with van der Waals surface area (Å²) in [6.07, 6.45) is 2.55. The van der Waals surface area contributed by atoms with Gasteiger partial charge in [0.1, 0.15) is 0 Å². The second-order valence-electron chi connectivity index (χ2n) is 0.611. The third-order valence-electron chi connectivity index (χ3n) is 0.236. The summed E-state index contributed by atoms with van der Waals surface area (Å²) >= 11 is 0. The first kappa shape index (κ1) is 9.75. The Morgan fingerprint density at radius 2 is 2.50 bits per heavy atom. The van der Waals surface area contributed by atoms with Crippen molar-refractivity contribution in [1.29, 1.82) is 0 Å². The molecule has 3 heteroatoms. The zero-order chi connectivity index (χ0) is 4.12. The van der Waals surface area contributed by atoms with E-state index in [9.17, 15) is 0 Å². The predicted octanol–water partition coefficient (Wildman–Crippen LogP) is -0.370. The molecule has 0 spiro atoms. The van der Waals surface area contributed by atoms with Crippen LogP contribution in [0.15, 0.2) is 5.70 Å². The number of methoxy groups -OCH3 is 1. The zero-order valence-electron chi connectivity index (χ0n) is 3.99. The Balaban J connectivity index is -0.0000000133. The van der Waals surface area contributed by atoms with Crippen molar-refractivity contribution in [2.45, 2.75) is 0 Å². The molecule has 0 saturated carbocycles. The normalized spacial score (nSPS) is 8.17. The molecule has 0 aromatic rings. The molecule has 0 aromatic carbocycles. The van der Waals surface area contributed by atoms with Crippen LogP contribution in [0.4, 0.5) is 0 Å². The third kappa shape index (κ3) is 8.82. The Morgan fingerprint density at radius 1 is 2.00 bits per heavy atom. The Bertz CT molecular complexity index is 46.0. The Kier molecular flexibility index (Phi) is 14.8. The van der Waals surface area contributed by atoms with E-state index in [1.807, 2.05) is 5.70 Å². The van der Waals surface area contributed by atoms with Crippen molar-refractivity contribution in [3.05, 3.63) is 12.0 Å². The topological polar surface area (TPSA) is 9.23 Å². The molecule has 0 N–H and O–H groups in total. The van der Waals surface area contributed by atoms with E-state index in [-0.39, 0.29) is 28.2 Å². The van der Waals surface area contributed by atoms with Crippen LogP contribution in [0, 0.1) is 6.26 Å². The van der Waals surface area contributed by atoms with Gasteiger partial charge in [-0.25, -0.2) is 0 Å². The number of hydrogen-bond acceptors (Lipinski definition) is 1. The molecule has 0 aliphatic carbocycles. The fraction of sp³-hybridized carbons (Fsp3) is 0.333. The van der Waals surface area contributed by atoms with Crippen LogP contribution in [0.5, 0.6) is 0 Å². The molecule has 0 rings (SSSR count). The standard InChI is InChI=1S/C3H7OSi.Sn.3H2/c1-4-2-3-5;;;;/h3H,1,5H3;;3*1H. The van der Waals surface area contributed by atoms with Crippen molar-refractivity contribution >= 4 is 34.2 Å². The van der Waals surface area contributed by atoms with Crippen LogP contribution < -0.4 is 0 Å². The molecule has 0 bridgehead atoms. The van der Waals surface area contributed by atoms with Crippen LogP contribution in [-0.2, 0) is 4.74 Å². The van der Waals surface area contributed by atoms with Crippen molar-refractivity contribution in [2.24, 2.45) is 0 Å². The van der Waals surface area contributed by atoms with Crippen LogP contribution in [0.2, 0.25) is 0 Å². The summed E-state index contributed by atoms with van der Waals surface area (Å²) < 4.78 is 4.42. The number of ether oxygens (including phenoxy) is 1. The molecule has 0 aliphatic rings. The molecule has 0 amide bonds. The van der Waals surface area contributed by atoms with Crippen molar-refractivity contribution in [3.8, 4) is 0 Å². The van der Waals surface area contributed by atoms with Gasteiger partial charge in [-0.2, -0.15) is 0 Å². The minimum Gasteiger partial charge on any atom is -0.494 e. The molecule has 0 aliphatic heterocycles. The molecular weight excluding hydrogens is 199 g/mol. The van der Waals surface area contributed by atoms with E-state index in [1.54, 1.807) is 7.11 Å². The third-order valence-corrected chi connectivity index (χ3v) is 0.471. The van der Waals surface area contributed by atoms with Gasteiger partial charge in [-0.3, -0.25) is 0 Å². The van der Waals surface area contributed by atoms with Crippen LogP contribution in [0.25, 0.3) is 0 Å². The molecular formula is C3H13OSiSn. The predicted molar refractivity (Wildman–Crippen MR) is 36.9 cm³/mol. The summed E-state index contributed by atoms with van der Waals surface area (Å²) in [5.74, 6) is 0. The van der Waals surface area contributed by atoms with Crippen molar-refractivity contribution in [3.63, 3.8) is 0 Å².